The van der Waals surface area contributed by atoms with Gasteiger partial charge in [-0.25, -0.2) is 14.2 Å². The number of hydrogen-bond donors (Lipinski definition) is 2. The first-order valence-corrected chi connectivity index (χ1v) is 9.70. The maximum Gasteiger partial charge on any atom is 0.322 e. The minimum absolute atomic E-state index is 0.126. The van der Waals surface area contributed by atoms with E-state index in [1.807, 2.05) is 27.7 Å². The van der Waals surface area contributed by atoms with Crippen molar-refractivity contribution in [1.29, 1.82) is 0 Å². The second kappa shape index (κ2) is 9.45. The molecule has 0 spiro atoms. The molecule has 6 nitrogen and oxygen atoms in total. The molecule has 3 amide bonds. The minimum atomic E-state index is -0.493. The van der Waals surface area contributed by atoms with Gasteiger partial charge in [-0.05, 0) is 31.9 Å². The molecule has 2 N–H and O–H groups in total. The predicted octanol–water partition coefficient (Wildman–Crippen LogP) is 4.11. The van der Waals surface area contributed by atoms with Crippen molar-refractivity contribution in [3.63, 3.8) is 0 Å². The molecule has 0 unspecified atom stereocenters. The summed E-state index contributed by atoms with van der Waals surface area (Å²) in [5.74, 6) is -0.364. The van der Waals surface area contributed by atoms with Crippen LogP contribution in [-0.2, 0) is 6.54 Å². The van der Waals surface area contributed by atoms with Crippen molar-refractivity contribution < 1.29 is 14.0 Å². The zero-order valence-electron chi connectivity index (χ0n) is 16.0. The summed E-state index contributed by atoms with van der Waals surface area (Å²) in [6, 6.07) is 5.47. The Morgan fingerprint density at radius 3 is 2.56 bits per heavy atom. The average Bonchev–Trinajstić information content (AvgIpc) is 3.08. The zero-order chi connectivity index (χ0) is 20.0. The number of carbonyl (C=O) groups excluding carboxylic acids is 2. The maximum absolute atomic E-state index is 13.8. The summed E-state index contributed by atoms with van der Waals surface area (Å²) in [5, 5.41) is 7.72. The van der Waals surface area contributed by atoms with Crippen LogP contribution in [0.25, 0.3) is 0 Å². The number of amides is 3. The van der Waals surface area contributed by atoms with Crippen LogP contribution in [0, 0.1) is 11.7 Å². The number of halogens is 1. The minimum Gasteiger partial charge on any atom is -0.350 e. The summed E-state index contributed by atoms with van der Waals surface area (Å²) in [5.41, 5.74) is 0.468. The number of anilines is 1. The molecule has 0 aliphatic heterocycles. The molecule has 0 atom stereocenters. The second-order valence-corrected chi connectivity index (χ2v) is 7.80. The number of aromatic nitrogens is 1. The van der Waals surface area contributed by atoms with Gasteiger partial charge in [0, 0.05) is 18.0 Å². The molecule has 0 radical (unpaired) electrons. The average molecular weight is 393 g/mol. The van der Waals surface area contributed by atoms with Gasteiger partial charge in [0.25, 0.3) is 5.91 Å². The highest BCUT2D eigenvalue weighted by Crippen LogP contribution is 2.18. The molecule has 2 rings (SSSR count). The van der Waals surface area contributed by atoms with Crippen molar-refractivity contribution in [3.05, 3.63) is 46.2 Å². The maximum atomic E-state index is 13.8. The third-order valence-corrected chi connectivity index (χ3v) is 4.59. The van der Waals surface area contributed by atoms with E-state index < -0.39 is 11.8 Å². The first-order chi connectivity index (χ1) is 12.8. The number of carbonyl (C=O) groups is 2. The van der Waals surface area contributed by atoms with Crippen molar-refractivity contribution >= 4 is 29.0 Å². The fourth-order valence-corrected chi connectivity index (χ4v) is 3.03. The molecule has 0 fully saturated rings. The number of rotatable bonds is 7. The topological polar surface area (TPSA) is 74.3 Å². The Hall–Kier alpha value is -2.48. The number of hydrogen-bond acceptors (Lipinski definition) is 4. The van der Waals surface area contributed by atoms with E-state index in [0.29, 0.717) is 23.2 Å². The van der Waals surface area contributed by atoms with Gasteiger partial charge in [-0.15, -0.1) is 11.3 Å². The molecule has 0 saturated heterocycles. The van der Waals surface area contributed by atoms with Gasteiger partial charge >= 0.3 is 6.03 Å². The Bertz CT molecular complexity index is 792. The van der Waals surface area contributed by atoms with E-state index in [4.69, 9.17) is 0 Å². The van der Waals surface area contributed by atoms with Crippen LogP contribution in [0.15, 0.2) is 29.6 Å². The Balaban J connectivity index is 2.05. The fourth-order valence-electron chi connectivity index (χ4n) is 2.26. The number of nitrogens with zero attached hydrogens (tertiary/aromatic N) is 2. The van der Waals surface area contributed by atoms with Crippen LogP contribution in [0.3, 0.4) is 0 Å². The Morgan fingerprint density at radius 1 is 1.22 bits per heavy atom. The van der Waals surface area contributed by atoms with E-state index >= 15 is 0 Å². The lowest BCUT2D eigenvalue weighted by Crippen LogP contribution is -2.39. The van der Waals surface area contributed by atoms with Gasteiger partial charge in [-0.3, -0.25) is 4.79 Å². The van der Waals surface area contributed by atoms with E-state index in [9.17, 15) is 14.0 Å². The van der Waals surface area contributed by atoms with Gasteiger partial charge in [-0.2, -0.15) is 0 Å². The van der Waals surface area contributed by atoms with Crippen molar-refractivity contribution in [3.8, 4) is 0 Å². The predicted molar refractivity (Wildman–Crippen MR) is 105 cm³/mol. The highest BCUT2D eigenvalue weighted by atomic mass is 32.1. The van der Waals surface area contributed by atoms with Crippen LogP contribution < -0.4 is 10.6 Å². The molecule has 0 aliphatic rings. The van der Waals surface area contributed by atoms with Crippen molar-refractivity contribution in [2.24, 2.45) is 5.92 Å². The molecule has 0 saturated carbocycles. The lowest BCUT2D eigenvalue weighted by Gasteiger charge is -2.26. The van der Waals surface area contributed by atoms with E-state index in [0.717, 1.165) is 0 Å². The summed E-state index contributed by atoms with van der Waals surface area (Å²) in [7, 11) is 0. The van der Waals surface area contributed by atoms with Crippen LogP contribution in [0.4, 0.5) is 14.9 Å². The van der Waals surface area contributed by atoms with Crippen molar-refractivity contribution in [1.82, 2.24) is 15.2 Å². The van der Waals surface area contributed by atoms with E-state index in [1.165, 1.54) is 23.5 Å². The smallest absolute Gasteiger partial charge is 0.322 e. The fraction of sp³-hybridized carbons (Fsp3) is 0.421. The molecule has 27 heavy (non-hydrogen) atoms. The first kappa shape index (κ1) is 20.8. The van der Waals surface area contributed by atoms with E-state index in [2.05, 4.69) is 15.6 Å². The van der Waals surface area contributed by atoms with Gasteiger partial charge in [0.15, 0.2) is 0 Å². The number of thiazole rings is 1. The molecule has 2 aromatic rings. The Morgan fingerprint density at radius 2 is 1.93 bits per heavy atom. The largest absolute Gasteiger partial charge is 0.350 e. The zero-order valence-corrected chi connectivity index (χ0v) is 16.8. The lowest BCUT2D eigenvalue weighted by atomic mass is 10.2. The normalized spacial score (nSPS) is 10.9. The van der Waals surface area contributed by atoms with Crippen LogP contribution in [-0.4, -0.2) is 34.4 Å². The SMILES string of the molecule is CC(C)CNC(=O)c1csc(CN(C(=O)Nc2ccccc2F)C(C)C)n1. The summed E-state index contributed by atoms with van der Waals surface area (Å²) in [6.45, 7) is 8.58. The summed E-state index contributed by atoms with van der Waals surface area (Å²) >= 11 is 1.32. The highest BCUT2D eigenvalue weighted by molar-refractivity contribution is 7.09. The molecule has 0 aliphatic carbocycles. The van der Waals surface area contributed by atoms with Crippen LogP contribution in [0.5, 0.6) is 0 Å². The molecular weight excluding hydrogens is 367 g/mol. The van der Waals surface area contributed by atoms with Gasteiger partial charge in [-0.1, -0.05) is 26.0 Å². The highest BCUT2D eigenvalue weighted by Gasteiger charge is 2.21. The van der Waals surface area contributed by atoms with E-state index in [-0.39, 0.29) is 24.2 Å². The standard InChI is InChI=1S/C19H25FN4O2S/c1-12(2)9-21-18(25)16-11-27-17(22-16)10-24(13(3)4)19(26)23-15-8-6-5-7-14(15)20/h5-8,11-13H,9-10H2,1-4H3,(H,21,25)(H,23,26). The van der Waals surface area contributed by atoms with E-state index in [1.54, 1.807) is 22.4 Å². The summed E-state index contributed by atoms with van der Waals surface area (Å²) < 4.78 is 13.8. The number of urea groups is 1. The quantitative estimate of drug-likeness (QED) is 0.745. The van der Waals surface area contributed by atoms with Crippen LogP contribution in [0.2, 0.25) is 0 Å². The monoisotopic (exact) mass is 392 g/mol. The Kier molecular flexibility index (Phi) is 7.29. The van der Waals surface area contributed by atoms with Crippen LogP contribution >= 0.6 is 11.3 Å². The third-order valence-electron chi connectivity index (χ3n) is 3.76. The van der Waals surface area contributed by atoms with Crippen LogP contribution in [0.1, 0.15) is 43.2 Å². The van der Waals surface area contributed by atoms with Gasteiger partial charge in [0.1, 0.15) is 16.5 Å². The molecular formula is C19H25FN4O2S. The lowest BCUT2D eigenvalue weighted by molar-refractivity contribution is 0.0944. The molecule has 0 bridgehead atoms. The first-order valence-electron chi connectivity index (χ1n) is 8.82. The van der Waals surface area contributed by atoms with Gasteiger partial charge in [0.05, 0.1) is 12.2 Å². The second-order valence-electron chi connectivity index (χ2n) is 6.86. The number of nitrogens with one attached hydrogen (secondary N) is 2. The van der Waals surface area contributed by atoms with Gasteiger partial charge < -0.3 is 15.5 Å². The molecule has 1 aromatic heterocycles. The summed E-state index contributed by atoms with van der Waals surface area (Å²) in [6.07, 6.45) is 0. The number of benzene rings is 1. The van der Waals surface area contributed by atoms with Crippen molar-refractivity contribution in [2.45, 2.75) is 40.3 Å². The molecule has 146 valence electrons. The van der Waals surface area contributed by atoms with Crippen molar-refractivity contribution in [2.75, 3.05) is 11.9 Å². The molecule has 1 aromatic carbocycles. The third kappa shape index (κ3) is 6.02. The molecule has 8 heteroatoms. The molecule has 1 heterocycles. The summed E-state index contributed by atoms with van der Waals surface area (Å²) in [4.78, 5) is 30.5. The number of para-hydroxylation sites is 1. The Labute approximate surface area is 162 Å². The van der Waals surface area contributed by atoms with Gasteiger partial charge in [0.2, 0.25) is 0 Å².